The van der Waals surface area contributed by atoms with Crippen LogP contribution in [0.1, 0.15) is 47.7 Å². The zero-order chi connectivity index (χ0) is 19.2. The fourth-order valence-electron chi connectivity index (χ4n) is 4.45. The van der Waals surface area contributed by atoms with E-state index in [0.717, 1.165) is 45.1 Å². The molecule has 3 heterocycles. The van der Waals surface area contributed by atoms with E-state index in [1.165, 1.54) is 48.2 Å². The van der Waals surface area contributed by atoms with E-state index in [9.17, 15) is 0 Å². The van der Waals surface area contributed by atoms with E-state index in [-0.39, 0.29) is 0 Å². The molecule has 28 heavy (non-hydrogen) atoms. The first-order valence-corrected chi connectivity index (χ1v) is 11.4. The SMILES string of the molecule is COc1ccc(CN2CCCCCC2c2cccs2)cc1CN1CCOCC1. The Morgan fingerprint density at radius 1 is 1.07 bits per heavy atom. The van der Waals surface area contributed by atoms with Crippen LogP contribution in [0.2, 0.25) is 0 Å². The highest BCUT2D eigenvalue weighted by Crippen LogP contribution is 2.34. The zero-order valence-electron chi connectivity index (χ0n) is 16.9. The van der Waals surface area contributed by atoms with E-state index in [1.807, 2.05) is 11.3 Å². The second kappa shape index (κ2) is 9.88. The lowest BCUT2D eigenvalue weighted by Crippen LogP contribution is -2.35. The Kier molecular flexibility index (Phi) is 7.02. The van der Waals surface area contributed by atoms with Crippen LogP contribution in [0.5, 0.6) is 5.75 Å². The molecule has 4 nitrogen and oxygen atoms in total. The van der Waals surface area contributed by atoms with Gasteiger partial charge in [0.05, 0.1) is 20.3 Å². The quantitative estimate of drug-likeness (QED) is 0.701. The van der Waals surface area contributed by atoms with Gasteiger partial charge in [0, 0.05) is 42.7 Å². The van der Waals surface area contributed by atoms with Gasteiger partial charge in [0.2, 0.25) is 0 Å². The maximum absolute atomic E-state index is 5.66. The topological polar surface area (TPSA) is 24.9 Å². The van der Waals surface area contributed by atoms with Crippen LogP contribution >= 0.6 is 11.3 Å². The highest BCUT2D eigenvalue weighted by atomic mass is 32.1. The molecule has 0 N–H and O–H groups in total. The number of likely N-dealkylation sites (tertiary alicyclic amines) is 1. The third kappa shape index (κ3) is 4.95. The summed E-state index contributed by atoms with van der Waals surface area (Å²) in [5, 5.41) is 2.21. The highest BCUT2D eigenvalue weighted by Gasteiger charge is 2.24. The monoisotopic (exact) mass is 400 g/mol. The van der Waals surface area contributed by atoms with Gasteiger partial charge in [0.25, 0.3) is 0 Å². The van der Waals surface area contributed by atoms with Crippen molar-refractivity contribution in [1.82, 2.24) is 9.80 Å². The molecular weight excluding hydrogens is 368 g/mol. The maximum Gasteiger partial charge on any atom is 0.123 e. The van der Waals surface area contributed by atoms with Crippen molar-refractivity contribution >= 4 is 11.3 Å². The van der Waals surface area contributed by atoms with Gasteiger partial charge in [-0.15, -0.1) is 11.3 Å². The van der Waals surface area contributed by atoms with Crippen LogP contribution in [-0.4, -0.2) is 49.8 Å². The molecule has 4 rings (SSSR count). The third-order valence-electron chi connectivity index (χ3n) is 5.96. The Hall–Kier alpha value is -1.40. The lowest BCUT2D eigenvalue weighted by atomic mass is 10.1. The van der Waals surface area contributed by atoms with E-state index < -0.39 is 0 Å². The van der Waals surface area contributed by atoms with E-state index in [0.29, 0.717) is 6.04 Å². The van der Waals surface area contributed by atoms with Gasteiger partial charge < -0.3 is 9.47 Å². The molecule has 2 fully saturated rings. The second-order valence-corrected chi connectivity index (χ2v) is 8.87. The highest BCUT2D eigenvalue weighted by molar-refractivity contribution is 7.10. The van der Waals surface area contributed by atoms with Crippen LogP contribution in [0.15, 0.2) is 35.7 Å². The largest absolute Gasteiger partial charge is 0.496 e. The maximum atomic E-state index is 5.66. The summed E-state index contributed by atoms with van der Waals surface area (Å²) in [6.07, 6.45) is 5.27. The third-order valence-corrected chi connectivity index (χ3v) is 6.94. The summed E-state index contributed by atoms with van der Waals surface area (Å²) in [6, 6.07) is 11.8. The molecule has 2 aromatic rings. The fraction of sp³-hybridized carbons (Fsp3) is 0.565. The van der Waals surface area contributed by atoms with Crippen LogP contribution in [0.25, 0.3) is 0 Å². The Balaban J connectivity index is 1.51. The van der Waals surface area contributed by atoms with E-state index >= 15 is 0 Å². The summed E-state index contributed by atoms with van der Waals surface area (Å²) >= 11 is 1.91. The van der Waals surface area contributed by atoms with E-state index in [1.54, 1.807) is 7.11 Å². The molecule has 152 valence electrons. The van der Waals surface area contributed by atoms with Gasteiger partial charge in [0.15, 0.2) is 0 Å². The van der Waals surface area contributed by atoms with Crippen LogP contribution in [0.4, 0.5) is 0 Å². The molecule has 0 radical (unpaired) electrons. The van der Waals surface area contributed by atoms with Gasteiger partial charge in [-0.1, -0.05) is 25.0 Å². The first-order chi connectivity index (χ1) is 13.8. The summed E-state index contributed by atoms with van der Waals surface area (Å²) < 4.78 is 11.2. The number of hydrogen-bond acceptors (Lipinski definition) is 5. The molecule has 1 aromatic heterocycles. The predicted molar refractivity (Wildman–Crippen MR) is 115 cm³/mol. The van der Waals surface area contributed by atoms with Gasteiger partial charge in [-0.25, -0.2) is 0 Å². The average Bonchev–Trinajstić information content (AvgIpc) is 3.16. The van der Waals surface area contributed by atoms with Crippen molar-refractivity contribution in [2.75, 3.05) is 40.0 Å². The van der Waals surface area contributed by atoms with Gasteiger partial charge in [0.1, 0.15) is 5.75 Å². The van der Waals surface area contributed by atoms with Crippen LogP contribution in [-0.2, 0) is 17.8 Å². The molecule has 0 bridgehead atoms. The fourth-order valence-corrected chi connectivity index (χ4v) is 5.34. The normalized spacial score (nSPS) is 22.1. The van der Waals surface area contributed by atoms with Gasteiger partial charge >= 0.3 is 0 Å². The van der Waals surface area contributed by atoms with Gasteiger partial charge in [-0.2, -0.15) is 0 Å². The predicted octanol–water partition coefficient (Wildman–Crippen LogP) is 4.71. The Morgan fingerprint density at radius 3 is 2.75 bits per heavy atom. The van der Waals surface area contributed by atoms with Crippen molar-refractivity contribution in [3.05, 3.63) is 51.7 Å². The first-order valence-electron chi connectivity index (χ1n) is 10.6. The molecule has 0 spiro atoms. The van der Waals surface area contributed by atoms with Crippen molar-refractivity contribution < 1.29 is 9.47 Å². The molecular formula is C23H32N2O2S. The van der Waals surface area contributed by atoms with Gasteiger partial charge in [-0.3, -0.25) is 9.80 Å². The Morgan fingerprint density at radius 2 is 1.96 bits per heavy atom. The minimum Gasteiger partial charge on any atom is -0.496 e. The first kappa shape index (κ1) is 19.9. The standard InChI is InChI=1S/C23H32N2O2S/c1-26-22-9-8-19(16-20(22)18-24-11-13-27-14-12-24)17-25-10-4-2-3-6-21(25)23-7-5-15-28-23/h5,7-9,15-16,21H,2-4,6,10-14,17-18H2,1H3. The molecule has 2 aliphatic rings. The number of rotatable bonds is 6. The van der Waals surface area contributed by atoms with Crippen LogP contribution in [0, 0.1) is 0 Å². The van der Waals surface area contributed by atoms with Crippen LogP contribution in [0.3, 0.4) is 0 Å². The average molecular weight is 401 g/mol. The summed E-state index contributed by atoms with van der Waals surface area (Å²) in [5.41, 5.74) is 2.69. The summed E-state index contributed by atoms with van der Waals surface area (Å²) in [4.78, 5) is 6.67. The summed E-state index contributed by atoms with van der Waals surface area (Å²) in [5.74, 6) is 1.00. The zero-order valence-corrected chi connectivity index (χ0v) is 17.8. The molecule has 2 aliphatic heterocycles. The number of thiophene rings is 1. The molecule has 1 aromatic carbocycles. The van der Waals surface area contributed by atoms with Crippen molar-refractivity contribution in [3.8, 4) is 5.75 Å². The van der Waals surface area contributed by atoms with Crippen molar-refractivity contribution in [3.63, 3.8) is 0 Å². The molecule has 1 atom stereocenters. The number of nitrogens with zero attached hydrogens (tertiary/aromatic N) is 2. The molecule has 2 saturated heterocycles. The van der Waals surface area contributed by atoms with E-state index in [4.69, 9.17) is 9.47 Å². The van der Waals surface area contributed by atoms with E-state index in [2.05, 4.69) is 45.5 Å². The smallest absolute Gasteiger partial charge is 0.123 e. The number of morpholine rings is 1. The minimum absolute atomic E-state index is 0.562. The Bertz CT molecular complexity index is 728. The lowest BCUT2D eigenvalue weighted by Gasteiger charge is -2.30. The second-order valence-electron chi connectivity index (χ2n) is 7.89. The number of ether oxygens (including phenoxy) is 2. The van der Waals surface area contributed by atoms with Crippen molar-refractivity contribution in [1.29, 1.82) is 0 Å². The van der Waals surface area contributed by atoms with Crippen LogP contribution < -0.4 is 4.74 Å². The van der Waals surface area contributed by atoms with Crippen molar-refractivity contribution in [2.45, 2.75) is 44.8 Å². The molecule has 0 aliphatic carbocycles. The minimum atomic E-state index is 0.562. The number of benzene rings is 1. The summed E-state index contributed by atoms with van der Waals surface area (Å²) in [6.45, 7) is 6.81. The summed E-state index contributed by atoms with van der Waals surface area (Å²) in [7, 11) is 1.78. The number of methoxy groups -OCH3 is 1. The molecule has 1 unspecified atom stereocenters. The Labute approximate surface area is 173 Å². The number of hydrogen-bond donors (Lipinski definition) is 0. The van der Waals surface area contributed by atoms with Gasteiger partial charge in [-0.05, 0) is 48.5 Å². The molecule has 0 amide bonds. The molecule has 0 saturated carbocycles. The molecule has 5 heteroatoms. The lowest BCUT2D eigenvalue weighted by molar-refractivity contribution is 0.0338. The van der Waals surface area contributed by atoms with Crippen molar-refractivity contribution in [2.24, 2.45) is 0 Å².